The highest BCUT2D eigenvalue weighted by molar-refractivity contribution is 5.91. The number of carbonyl (C=O) groups is 2. The highest BCUT2D eigenvalue weighted by Crippen LogP contribution is 2.06. The molecular formula is C17H24N4O3. The van der Waals surface area contributed by atoms with Crippen LogP contribution in [0.25, 0.3) is 0 Å². The van der Waals surface area contributed by atoms with Crippen molar-refractivity contribution < 1.29 is 14.0 Å². The number of hydrogen-bond donors (Lipinski definition) is 2. The summed E-state index contributed by atoms with van der Waals surface area (Å²) in [4.78, 5) is 23.5. The van der Waals surface area contributed by atoms with Crippen LogP contribution < -0.4 is 10.6 Å². The van der Waals surface area contributed by atoms with Crippen molar-refractivity contribution in [3.63, 3.8) is 0 Å². The van der Waals surface area contributed by atoms with Gasteiger partial charge in [0.1, 0.15) is 0 Å². The Morgan fingerprint density at radius 3 is 2.75 bits per heavy atom. The minimum Gasteiger partial charge on any atom is -0.459 e. The molecule has 0 aliphatic carbocycles. The molecule has 0 bridgehead atoms. The van der Waals surface area contributed by atoms with Crippen LogP contribution in [0.15, 0.2) is 28.9 Å². The van der Waals surface area contributed by atoms with Crippen molar-refractivity contribution in [2.24, 2.45) is 5.92 Å². The van der Waals surface area contributed by atoms with Crippen molar-refractivity contribution in [2.75, 3.05) is 13.1 Å². The Kier molecular flexibility index (Phi) is 6.17. The average molecular weight is 332 g/mol. The Labute approximate surface area is 141 Å². The van der Waals surface area contributed by atoms with Gasteiger partial charge in [-0.05, 0) is 38.0 Å². The van der Waals surface area contributed by atoms with Crippen LogP contribution in [0, 0.1) is 19.8 Å². The summed E-state index contributed by atoms with van der Waals surface area (Å²) in [6.45, 7) is 7.66. The highest BCUT2D eigenvalue weighted by Gasteiger charge is 2.11. The molecule has 130 valence electrons. The highest BCUT2D eigenvalue weighted by atomic mass is 16.3. The van der Waals surface area contributed by atoms with Crippen molar-refractivity contribution in [2.45, 2.75) is 33.7 Å². The van der Waals surface area contributed by atoms with Gasteiger partial charge in [0.25, 0.3) is 5.91 Å². The third-order valence-electron chi connectivity index (χ3n) is 3.62. The van der Waals surface area contributed by atoms with Crippen LogP contribution in [0.4, 0.5) is 0 Å². The SMILES string of the molecule is Cc1cc(C)n(CC(C)CNC(=O)CCNC(=O)c2ccco2)n1. The molecule has 2 N–H and O–H groups in total. The molecule has 24 heavy (non-hydrogen) atoms. The zero-order valence-electron chi connectivity index (χ0n) is 14.3. The zero-order chi connectivity index (χ0) is 17.5. The van der Waals surface area contributed by atoms with Gasteiger partial charge < -0.3 is 15.1 Å². The summed E-state index contributed by atoms with van der Waals surface area (Å²) in [5, 5.41) is 9.95. The molecule has 0 saturated carbocycles. The molecule has 0 saturated heterocycles. The van der Waals surface area contributed by atoms with Crippen LogP contribution in [0.2, 0.25) is 0 Å². The van der Waals surface area contributed by atoms with E-state index in [1.165, 1.54) is 6.26 Å². The quantitative estimate of drug-likeness (QED) is 0.769. The summed E-state index contributed by atoms with van der Waals surface area (Å²) in [7, 11) is 0. The van der Waals surface area contributed by atoms with Gasteiger partial charge in [-0.2, -0.15) is 5.10 Å². The van der Waals surface area contributed by atoms with Gasteiger partial charge in [-0.3, -0.25) is 14.3 Å². The van der Waals surface area contributed by atoms with E-state index in [1.807, 2.05) is 24.6 Å². The van der Waals surface area contributed by atoms with Gasteiger partial charge in [-0.15, -0.1) is 0 Å². The lowest BCUT2D eigenvalue weighted by molar-refractivity contribution is -0.121. The molecule has 0 aromatic carbocycles. The number of rotatable bonds is 8. The van der Waals surface area contributed by atoms with Crippen molar-refractivity contribution in [1.29, 1.82) is 0 Å². The Morgan fingerprint density at radius 2 is 2.12 bits per heavy atom. The summed E-state index contributed by atoms with van der Waals surface area (Å²) in [5.41, 5.74) is 2.11. The largest absolute Gasteiger partial charge is 0.459 e. The first-order valence-electron chi connectivity index (χ1n) is 8.05. The molecule has 0 fully saturated rings. The van der Waals surface area contributed by atoms with Crippen LogP contribution in [-0.2, 0) is 11.3 Å². The van der Waals surface area contributed by atoms with E-state index in [9.17, 15) is 9.59 Å². The van der Waals surface area contributed by atoms with Crippen molar-refractivity contribution >= 4 is 11.8 Å². The second-order valence-electron chi connectivity index (χ2n) is 6.00. The molecule has 0 aliphatic heterocycles. The number of amides is 2. The first-order chi connectivity index (χ1) is 11.5. The number of hydrogen-bond acceptors (Lipinski definition) is 4. The predicted octanol–water partition coefficient (Wildman–Crippen LogP) is 1.67. The smallest absolute Gasteiger partial charge is 0.286 e. The first-order valence-corrected chi connectivity index (χ1v) is 8.05. The maximum atomic E-state index is 11.8. The van der Waals surface area contributed by atoms with Gasteiger partial charge in [0, 0.05) is 31.7 Å². The van der Waals surface area contributed by atoms with Crippen LogP contribution in [0.1, 0.15) is 35.3 Å². The Hall–Kier alpha value is -2.57. The molecule has 7 heteroatoms. The van der Waals surface area contributed by atoms with Gasteiger partial charge in [0.2, 0.25) is 5.91 Å². The molecule has 0 spiro atoms. The van der Waals surface area contributed by atoms with Crippen LogP contribution in [0.5, 0.6) is 0 Å². The predicted molar refractivity (Wildman–Crippen MR) is 89.5 cm³/mol. The molecule has 1 atom stereocenters. The minimum atomic E-state index is -0.314. The van der Waals surface area contributed by atoms with Crippen molar-refractivity contribution in [3.05, 3.63) is 41.6 Å². The maximum Gasteiger partial charge on any atom is 0.286 e. The number of carbonyl (C=O) groups excluding carboxylic acids is 2. The standard InChI is InChI=1S/C17H24N4O3/c1-12(11-21-14(3)9-13(2)20-21)10-19-16(22)6-7-18-17(23)15-5-4-8-24-15/h4-5,8-9,12H,6-7,10-11H2,1-3H3,(H,18,23)(H,19,22). The summed E-state index contributed by atoms with van der Waals surface area (Å²) in [6.07, 6.45) is 1.67. The fraction of sp³-hybridized carbons (Fsp3) is 0.471. The molecule has 2 rings (SSSR count). The number of nitrogens with one attached hydrogen (secondary N) is 2. The molecule has 2 aromatic rings. The van der Waals surface area contributed by atoms with Crippen molar-refractivity contribution in [3.8, 4) is 0 Å². The van der Waals surface area contributed by atoms with Gasteiger partial charge in [0.05, 0.1) is 12.0 Å². The third-order valence-corrected chi connectivity index (χ3v) is 3.62. The molecule has 1 unspecified atom stereocenters. The maximum absolute atomic E-state index is 11.8. The summed E-state index contributed by atoms with van der Waals surface area (Å²) < 4.78 is 6.93. The first kappa shape index (κ1) is 17.8. The fourth-order valence-electron chi connectivity index (χ4n) is 2.38. The van der Waals surface area contributed by atoms with E-state index >= 15 is 0 Å². The summed E-state index contributed by atoms with van der Waals surface area (Å²) in [6, 6.07) is 5.26. The Balaban J connectivity index is 1.64. The fourth-order valence-corrected chi connectivity index (χ4v) is 2.38. The topological polar surface area (TPSA) is 89.2 Å². The van der Waals surface area contributed by atoms with E-state index in [0.29, 0.717) is 6.54 Å². The number of aryl methyl sites for hydroxylation is 2. The molecule has 0 aliphatic rings. The Morgan fingerprint density at radius 1 is 1.33 bits per heavy atom. The van der Waals surface area contributed by atoms with E-state index in [2.05, 4.69) is 22.7 Å². The van der Waals surface area contributed by atoms with E-state index < -0.39 is 0 Å². The summed E-state index contributed by atoms with van der Waals surface area (Å²) in [5.74, 6) is 0.110. The van der Waals surface area contributed by atoms with E-state index in [0.717, 1.165) is 17.9 Å². The summed E-state index contributed by atoms with van der Waals surface area (Å²) >= 11 is 0. The zero-order valence-corrected chi connectivity index (χ0v) is 14.3. The molecule has 2 aromatic heterocycles. The minimum absolute atomic E-state index is 0.0880. The van der Waals surface area contributed by atoms with Gasteiger partial charge in [-0.25, -0.2) is 0 Å². The third kappa shape index (κ3) is 5.26. The van der Waals surface area contributed by atoms with Gasteiger partial charge >= 0.3 is 0 Å². The van der Waals surface area contributed by atoms with Gasteiger partial charge in [-0.1, -0.05) is 6.92 Å². The average Bonchev–Trinajstić information content (AvgIpc) is 3.15. The van der Waals surface area contributed by atoms with Crippen LogP contribution >= 0.6 is 0 Å². The van der Waals surface area contributed by atoms with Crippen LogP contribution in [-0.4, -0.2) is 34.7 Å². The molecular weight excluding hydrogens is 308 g/mol. The lowest BCUT2D eigenvalue weighted by Crippen LogP contribution is -2.33. The normalized spacial score (nSPS) is 12.0. The molecule has 0 radical (unpaired) electrons. The van der Waals surface area contributed by atoms with Crippen LogP contribution in [0.3, 0.4) is 0 Å². The second kappa shape index (κ2) is 8.33. The number of aromatic nitrogens is 2. The monoisotopic (exact) mass is 332 g/mol. The van der Waals surface area contributed by atoms with Crippen molar-refractivity contribution in [1.82, 2.24) is 20.4 Å². The van der Waals surface area contributed by atoms with E-state index in [4.69, 9.17) is 4.42 Å². The van der Waals surface area contributed by atoms with E-state index in [1.54, 1.807) is 12.1 Å². The molecule has 2 amide bonds. The Bertz CT molecular complexity index is 676. The second-order valence-corrected chi connectivity index (χ2v) is 6.00. The number of nitrogens with zero attached hydrogens (tertiary/aromatic N) is 2. The van der Waals surface area contributed by atoms with Gasteiger partial charge in [0.15, 0.2) is 5.76 Å². The lowest BCUT2D eigenvalue weighted by atomic mass is 10.2. The lowest BCUT2D eigenvalue weighted by Gasteiger charge is -2.14. The molecule has 7 nitrogen and oxygen atoms in total. The molecule has 2 heterocycles. The number of furan rings is 1. The van der Waals surface area contributed by atoms with E-state index in [-0.39, 0.29) is 36.5 Å².